The number of hydrogen-bond donors (Lipinski definition) is 2. The topological polar surface area (TPSA) is 67.4 Å². The van der Waals surface area contributed by atoms with Crippen LogP contribution in [0.3, 0.4) is 0 Å². The number of amides is 2. The molecule has 0 heterocycles. The molecule has 5 heteroatoms. The van der Waals surface area contributed by atoms with Crippen LogP contribution in [-0.4, -0.2) is 24.0 Å². The molecule has 0 saturated heterocycles. The molecule has 148 valence electrons. The van der Waals surface area contributed by atoms with Gasteiger partial charge in [0.1, 0.15) is 5.75 Å². The van der Waals surface area contributed by atoms with Crippen molar-refractivity contribution in [2.24, 2.45) is 0 Å². The molecule has 0 unspecified atom stereocenters. The van der Waals surface area contributed by atoms with E-state index in [1.54, 1.807) is 31.2 Å². The summed E-state index contributed by atoms with van der Waals surface area (Å²) in [4.78, 5) is 24.7. The molecule has 2 amide bonds. The van der Waals surface area contributed by atoms with Gasteiger partial charge in [-0.25, -0.2) is 0 Å². The summed E-state index contributed by atoms with van der Waals surface area (Å²) >= 11 is 0. The van der Waals surface area contributed by atoms with E-state index in [1.165, 1.54) is 19.3 Å². The zero-order valence-electron chi connectivity index (χ0n) is 16.5. The van der Waals surface area contributed by atoms with Gasteiger partial charge in [-0.1, -0.05) is 37.0 Å². The summed E-state index contributed by atoms with van der Waals surface area (Å²) < 4.78 is 5.71. The first-order valence-corrected chi connectivity index (χ1v) is 9.96. The third kappa shape index (κ3) is 5.59. The number of rotatable bonds is 6. The fourth-order valence-corrected chi connectivity index (χ4v) is 3.34. The quantitative estimate of drug-likeness (QED) is 0.777. The predicted molar refractivity (Wildman–Crippen MR) is 111 cm³/mol. The van der Waals surface area contributed by atoms with Crippen molar-refractivity contribution < 1.29 is 14.3 Å². The highest BCUT2D eigenvalue weighted by atomic mass is 16.5. The minimum atomic E-state index is -0.650. The first kappa shape index (κ1) is 19.9. The van der Waals surface area contributed by atoms with Crippen molar-refractivity contribution in [3.63, 3.8) is 0 Å². The maximum absolute atomic E-state index is 12.4. The Balaban J connectivity index is 1.51. The summed E-state index contributed by atoms with van der Waals surface area (Å²) in [6.45, 7) is 3.70. The van der Waals surface area contributed by atoms with E-state index in [1.807, 2.05) is 31.2 Å². The molecule has 1 aliphatic carbocycles. The molecule has 0 bridgehead atoms. The predicted octanol–water partition coefficient (Wildman–Crippen LogP) is 4.46. The van der Waals surface area contributed by atoms with E-state index in [-0.39, 0.29) is 17.9 Å². The normalized spacial score (nSPS) is 15.5. The summed E-state index contributed by atoms with van der Waals surface area (Å²) in [6, 6.07) is 14.8. The van der Waals surface area contributed by atoms with Crippen LogP contribution in [0.25, 0.3) is 0 Å². The molecule has 2 N–H and O–H groups in total. The average molecular weight is 380 g/mol. The van der Waals surface area contributed by atoms with Gasteiger partial charge in [0, 0.05) is 17.3 Å². The second kappa shape index (κ2) is 9.40. The fourth-order valence-electron chi connectivity index (χ4n) is 3.34. The minimum absolute atomic E-state index is 0.0522. The number of hydrogen-bond acceptors (Lipinski definition) is 3. The van der Waals surface area contributed by atoms with Crippen LogP contribution >= 0.6 is 0 Å². The van der Waals surface area contributed by atoms with Gasteiger partial charge >= 0.3 is 0 Å². The molecule has 2 aromatic rings. The lowest BCUT2D eigenvalue weighted by Gasteiger charge is -2.22. The van der Waals surface area contributed by atoms with E-state index in [2.05, 4.69) is 10.6 Å². The smallest absolute Gasteiger partial charge is 0.265 e. The molecule has 0 aromatic heterocycles. The van der Waals surface area contributed by atoms with Gasteiger partial charge in [0.2, 0.25) is 0 Å². The standard InChI is InChI=1S/C23H28N2O3/c1-16-8-12-20(13-9-16)24-22(26)17(2)28-21-14-10-18(11-15-21)23(27)25-19-6-4-3-5-7-19/h8-15,17,19H,3-7H2,1-2H3,(H,24,26)(H,25,27)/t17-/m0/s1. The molecule has 0 aliphatic heterocycles. The maximum atomic E-state index is 12.4. The molecular weight excluding hydrogens is 352 g/mol. The molecule has 2 aromatic carbocycles. The van der Waals surface area contributed by atoms with Gasteiger partial charge in [-0.2, -0.15) is 0 Å². The van der Waals surface area contributed by atoms with Gasteiger partial charge in [0.05, 0.1) is 0 Å². The van der Waals surface area contributed by atoms with Crippen LogP contribution in [0, 0.1) is 6.92 Å². The van der Waals surface area contributed by atoms with Crippen LogP contribution in [0.15, 0.2) is 48.5 Å². The number of anilines is 1. The van der Waals surface area contributed by atoms with Crippen LogP contribution < -0.4 is 15.4 Å². The van der Waals surface area contributed by atoms with Gasteiger partial charge in [0.15, 0.2) is 6.10 Å². The fraction of sp³-hybridized carbons (Fsp3) is 0.391. The van der Waals surface area contributed by atoms with Gasteiger partial charge in [-0.05, 0) is 63.1 Å². The Hall–Kier alpha value is -2.82. The molecule has 28 heavy (non-hydrogen) atoms. The Morgan fingerprint density at radius 3 is 2.25 bits per heavy atom. The number of aryl methyl sites for hydroxylation is 1. The van der Waals surface area contributed by atoms with Crippen molar-refractivity contribution in [1.82, 2.24) is 5.32 Å². The molecule has 1 saturated carbocycles. The highest BCUT2D eigenvalue weighted by Gasteiger charge is 2.18. The Labute approximate surface area is 166 Å². The van der Waals surface area contributed by atoms with Crippen molar-refractivity contribution >= 4 is 17.5 Å². The van der Waals surface area contributed by atoms with E-state index >= 15 is 0 Å². The lowest BCUT2D eigenvalue weighted by molar-refractivity contribution is -0.122. The zero-order valence-corrected chi connectivity index (χ0v) is 16.5. The van der Waals surface area contributed by atoms with Crippen molar-refractivity contribution in [1.29, 1.82) is 0 Å². The number of carbonyl (C=O) groups is 2. The first-order chi connectivity index (χ1) is 13.5. The molecule has 1 aliphatic rings. The van der Waals surface area contributed by atoms with Crippen LogP contribution in [0.1, 0.15) is 54.9 Å². The van der Waals surface area contributed by atoms with Crippen molar-refractivity contribution in [2.75, 3.05) is 5.32 Å². The number of carbonyl (C=O) groups excluding carboxylic acids is 2. The van der Waals surface area contributed by atoms with Gasteiger partial charge in [-0.15, -0.1) is 0 Å². The van der Waals surface area contributed by atoms with Crippen molar-refractivity contribution in [2.45, 2.75) is 58.1 Å². The van der Waals surface area contributed by atoms with E-state index in [4.69, 9.17) is 4.74 Å². The molecule has 1 fully saturated rings. The Morgan fingerprint density at radius 1 is 0.964 bits per heavy atom. The monoisotopic (exact) mass is 380 g/mol. The third-order valence-electron chi connectivity index (χ3n) is 5.06. The molecule has 5 nitrogen and oxygen atoms in total. The second-order valence-electron chi connectivity index (χ2n) is 7.45. The van der Waals surface area contributed by atoms with Crippen LogP contribution in [0.2, 0.25) is 0 Å². The average Bonchev–Trinajstić information content (AvgIpc) is 2.71. The number of benzene rings is 2. The van der Waals surface area contributed by atoms with Gasteiger partial charge in [-0.3, -0.25) is 9.59 Å². The number of nitrogens with one attached hydrogen (secondary N) is 2. The second-order valence-corrected chi connectivity index (χ2v) is 7.45. The van der Waals surface area contributed by atoms with Crippen molar-refractivity contribution in [3.05, 3.63) is 59.7 Å². The van der Waals surface area contributed by atoms with E-state index < -0.39 is 6.10 Å². The number of ether oxygens (including phenoxy) is 1. The van der Waals surface area contributed by atoms with Crippen LogP contribution in [0.4, 0.5) is 5.69 Å². The lowest BCUT2D eigenvalue weighted by atomic mass is 9.95. The SMILES string of the molecule is Cc1ccc(NC(=O)[C@H](C)Oc2ccc(C(=O)NC3CCCCC3)cc2)cc1. The Morgan fingerprint density at radius 2 is 1.61 bits per heavy atom. The van der Waals surface area contributed by atoms with E-state index in [0.29, 0.717) is 11.3 Å². The Bertz CT molecular complexity index is 794. The molecule has 3 rings (SSSR count). The maximum Gasteiger partial charge on any atom is 0.265 e. The highest BCUT2D eigenvalue weighted by Crippen LogP contribution is 2.19. The summed E-state index contributed by atoms with van der Waals surface area (Å²) in [5.74, 6) is 0.285. The van der Waals surface area contributed by atoms with Crippen molar-refractivity contribution in [3.8, 4) is 5.75 Å². The Kier molecular flexibility index (Phi) is 6.69. The summed E-state index contributed by atoms with van der Waals surface area (Å²) in [5.41, 5.74) is 2.48. The van der Waals surface area contributed by atoms with Crippen LogP contribution in [0.5, 0.6) is 5.75 Å². The molecule has 0 radical (unpaired) electrons. The van der Waals surface area contributed by atoms with Crippen LogP contribution in [-0.2, 0) is 4.79 Å². The molecular formula is C23H28N2O3. The third-order valence-corrected chi connectivity index (χ3v) is 5.06. The lowest BCUT2D eigenvalue weighted by Crippen LogP contribution is -2.36. The summed E-state index contributed by atoms with van der Waals surface area (Å²) in [7, 11) is 0. The molecule has 0 spiro atoms. The van der Waals surface area contributed by atoms with Gasteiger partial charge < -0.3 is 15.4 Å². The highest BCUT2D eigenvalue weighted by molar-refractivity contribution is 5.95. The van der Waals surface area contributed by atoms with E-state index in [0.717, 1.165) is 24.1 Å². The minimum Gasteiger partial charge on any atom is -0.481 e. The van der Waals surface area contributed by atoms with Gasteiger partial charge in [0.25, 0.3) is 11.8 Å². The molecule has 1 atom stereocenters. The first-order valence-electron chi connectivity index (χ1n) is 9.96. The zero-order chi connectivity index (χ0) is 19.9. The summed E-state index contributed by atoms with van der Waals surface area (Å²) in [6.07, 6.45) is 5.08. The van der Waals surface area contributed by atoms with E-state index in [9.17, 15) is 9.59 Å². The summed E-state index contributed by atoms with van der Waals surface area (Å²) in [5, 5.41) is 5.94. The largest absolute Gasteiger partial charge is 0.481 e.